The van der Waals surface area contributed by atoms with Gasteiger partial charge in [-0.15, -0.1) is 0 Å². The van der Waals surface area contributed by atoms with E-state index in [-0.39, 0.29) is 24.0 Å². The van der Waals surface area contributed by atoms with E-state index in [0.717, 1.165) is 24.1 Å². The minimum atomic E-state index is -0.418. The maximum atomic E-state index is 12.4. The summed E-state index contributed by atoms with van der Waals surface area (Å²) in [5.74, 6) is -0.0504. The second kappa shape index (κ2) is 8.84. The fourth-order valence-electron chi connectivity index (χ4n) is 2.73. The van der Waals surface area contributed by atoms with Crippen LogP contribution in [0.3, 0.4) is 0 Å². The molecule has 0 fully saturated rings. The Bertz CT molecular complexity index is 540. The molecule has 0 aliphatic carbocycles. The molecule has 0 spiro atoms. The minimum absolute atomic E-state index is 0. The van der Waals surface area contributed by atoms with Gasteiger partial charge in [-0.3, -0.25) is 14.9 Å². The van der Waals surface area contributed by atoms with E-state index in [1.807, 2.05) is 0 Å². The third kappa shape index (κ3) is 5.18. The van der Waals surface area contributed by atoms with Crippen molar-refractivity contribution >= 4 is 17.3 Å². The third-order valence-electron chi connectivity index (χ3n) is 4.48. The zero-order valence-corrected chi connectivity index (χ0v) is 15.2. The number of benzene rings is 1. The van der Waals surface area contributed by atoms with E-state index in [4.69, 9.17) is 0 Å². The van der Waals surface area contributed by atoms with Crippen molar-refractivity contribution in [2.75, 3.05) is 31.5 Å². The Labute approximate surface area is 144 Å². The fourth-order valence-corrected chi connectivity index (χ4v) is 2.73. The topological polar surface area (TPSA) is 72.2 Å². The van der Waals surface area contributed by atoms with Gasteiger partial charge in [0.15, 0.2) is 6.54 Å². The monoisotopic (exact) mass is 343 g/mol. The first-order valence-corrected chi connectivity index (χ1v) is 7.69. The second-order valence-corrected chi connectivity index (χ2v) is 5.71. The molecule has 1 aromatic rings. The number of carbonyl (C=O) groups is 1. The van der Waals surface area contributed by atoms with Crippen molar-refractivity contribution < 1.29 is 26.6 Å². The number of non-ortho nitro benzene ring substituents is 1. The molecule has 1 N–H and O–H groups in total. The number of rotatable bonds is 7. The standard InChI is InChI=1S/C16H25N3O3.ClH/c1-6-19(7-2,8-3)11-15(20)17-16-12(4)9-14(18(21)22)10-13(16)5;/h9-10H,6-8,11H2,1-5H3;1H. The van der Waals surface area contributed by atoms with Crippen molar-refractivity contribution in [2.45, 2.75) is 34.6 Å². The van der Waals surface area contributed by atoms with Gasteiger partial charge in [0.25, 0.3) is 11.6 Å². The van der Waals surface area contributed by atoms with Gasteiger partial charge in [0.05, 0.1) is 24.6 Å². The van der Waals surface area contributed by atoms with E-state index < -0.39 is 4.92 Å². The van der Waals surface area contributed by atoms with Gasteiger partial charge in [-0.25, -0.2) is 0 Å². The van der Waals surface area contributed by atoms with Crippen molar-refractivity contribution in [3.05, 3.63) is 33.4 Å². The van der Waals surface area contributed by atoms with Crippen LogP contribution in [0.1, 0.15) is 31.9 Å². The molecule has 6 nitrogen and oxygen atoms in total. The van der Waals surface area contributed by atoms with Gasteiger partial charge in [0, 0.05) is 17.8 Å². The lowest BCUT2D eigenvalue weighted by Gasteiger charge is -2.35. The van der Waals surface area contributed by atoms with Crippen molar-refractivity contribution in [3.63, 3.8) is 0 Å². The number of nitro benzene ring substituents is 1. The van der Waals surface area contributed by atoms with Crippen molar-refractivity contribution in [1.82, 2.24) is 0 Å². The Morgan fingerprint density at radius 3 is 1.91 bits per heavy atom. The van der Waals surface area contributed by atoms with E-state index in [0.29, 0.717) is 23.4 Å². The lowest BCUT2D eigenvalue weighted by atomic mass is 10.1. The number of aryl methyl sites for hydroxylation is 2. The Morgan fingerprint density at radius 1 is 1.13 bits per heavy atom. The van der Waals surface area contributed by atoms with Gasteiger partial charge in [-0.2, -0.15) is 0 Å². The molecule has 0 aliphatic heterocycles. The highest BCUT2D eigenvalue weighted by molar-refractivity contribution is 5.93. The van der Waals surface area contributed by atoms with Gasteiger partial charge in [-0.05, 0) is 45.7 Å². The largest absolute Gasteiger partial charge is 1.00 e. The molecule has 7 heteroatoms. The summed E-state index contributed by atoms with van der Waals surface area (Å²) in [6, 6.07) is 2.98. The Hall–Kier alpha value is -1.66. The summed E-state index contributed by atoms with van der Waals surface area (Å²) in [5.41, 5.74) is 2.15. The average molecular weight is 344 g/mol. The maximum Gasteiger partial charge on any atom is 0.279 e. The van der Waals surface area contributed by atoms with E-state index in [1.165, 1.54) is 12.1 Å². The predicted molar refractivity (Wildman–Crippen MR) is 88.0 cm³/mol. The molecule has 1 rings (SSSR count). The lowest BCUT2D eigenvalue weighted by Crippen LogP contribution is -3.00. The molecule has 0 aromatic heterocycles. The van der Waals surface area contributed by atoms with Crippen LogP contribution >= 0.6 is 0 Å². The van der Waals surface area contributed by atoms with Gasteiger partial charge in [0.1, 0.15) is 0 Å². The second-order valence-electron chi connectivity index (χ2n) is 5.71. The summed E-state index contributed by atoms with van der Waals surface area (Å²) in [6.45, 7) is 12.9. The number of halogens is 1. The van der Waals surface area contributed by atoms with Crippen LogP contribution in [0, 0.1) is 24.0 Å². The number of anilines is 1. The first-order valence-electron chi connectivity index (χ1n) is 7.69. The van der Waals surface area contributed by atoms with Crippen LogP contribution in [0.5, 0.6) is 0 Å². The zero-order chi connectivity index (χ0) is 16.9. The quantitative estimate of drug-likeness (QED) is 0.431. The van der Waals surface area contributed by atoms with Gasteiger partial charge >= 0.3 is 0 Å². The molecule has 0 heterocycles. The van der Waals surface area contributed by atoms with Crippen LogP contribution < -0.4 is 17.7 Å². The molecular weight excluding hydrogens is 318 g/mol. The molecule has 1 amide bonds. The molecular formula is C16H26ClN3O3. The SMILES string of the molecule is CC[N+](CC)(CC)CC(=O)Nc1c(C)cc([N+](=O)[O-])cc1C.[Cl-]. The van der Waals surface area contributed by atoms with E-state index in [2.05, 4.69) is 26.1 Å². The highest BCUT2D eigenvalue weighted by Gasteiger charge is 2.25. The maximum absolute atomic E-state index is 12.4. The number of hydrogen-bond acceptors (Lipinski definition) is 3. The molecule has 23 heavy (non-hydrogen) atoms. The van der Waals surface area contributed by atoms with Gasteiger partial charge < -0.3 is 22.2 Å². The van der Waals surface area contributed by atoms with E-state index in [9.17, 15) is 14.9 Å². The molecule has 0 aliphatic rings. The lowest BCUT2D eigenvalue weighted by molar-refractivity contribution is -0.915. The summed E-state index contributed by atoms with van der Waals surface area (Å²) in [6.07, 6.45) is 0. The van der Waals surface area contributed by atoms with E-state index in [1.54, 1.807) is 13.8 Å². The molecule has 0 unspecified atom stereocenters. The summed E-state index contributed by atoms with van der Waals surface area (Å²) < 4.78 is 0.733. The minimum Gasteiger partial charge on any atom is -1.00 e. The number of nitro groups is 1. The number of amides is 1. The molecule has 0 radical (unpaired) electrons. The number of hydrogen-bond donors (Lipinski definition) is 1. The zero-order valence-electron chi connectivity index (χ0n) is 14.5. The number of likely N-dealkylation sites (N-methyl/N-ethyl adjacent to an activating group) is 1. The van der Waals surface area contributed by atoms with Crippen LogP contribution in [0.25, 0.3) is 0 Å². The first kappa shape index (κ1) is 21.3. The predicted octanol–water partition coefficient (Wildman–Crippen LogP) is 0.0306. The number of quaternary nitrogens is 1. The summed E-state index contributed by atoms with van der Waals surface area (Å²) >= 11 is 0. The highest BCUT2D eigenvalue weighted by Crippen LogP contribution is 2.26. The fraction of sp³-hybridized carbons (Fsp3) is 0.562. The smallest absolute Gasteiger partial charge is 0.279 e. The summed E-state index contributed by atoms with van der Waals surface area (Å²) in [5, 5.41) is 13.8. The molecule has 0 saturated heterocycles. The van der Waals surface area contributed by atoms with Crippen LogP contribution in [0.2, 0.25) is 0 Å². The highest BCUT2D eigenvalue weighted by atomic mass is 35.5. The Morgan fingerprint density at radius 2 is 1.57 bits per heavy atom. The van der Waals surface area contributed by atoms with Crippen molar-refractivity contribution in [3.8, 4) is 0 Å². The Kier molecular flexibility index (Phi) is 8.20. The molecule has 0 atom stereocenters. The molecule has 0 bridgehead atoms. The summed E-state index contributed by atoms with van der Waals surface area (Å²) in [7, 11) is 0. The van der Waals surface area contributed by atoms with Gasteiger partial charge in [0.2, 0.25) is 0 Å². The average Bonchev–Trinajstić information content (AvgIpc) is 2.48. The van der Waals surface area contributed by atoms with Crippen molar-refractivity contribution in [2.24, 2.45) is 0 Å². The molecule has 0 saturated carbocycles. The molecule has 130 valence electrons. The number of nitrogens with one attached hydrogen (secondary N) is 1. The van der Waals surface area contributed by atoms with Crippen LogP contribution in [0.15, 0.2) is 12.1 Å². The summed E-state index contributed by atoms with van der Waals surface area (Å²) in [4.78, 5) is 22.8. The number of carbonyl (C=O) groups excluding carboxylic acids is 1. The van der Waals surface area contributed by atoms with Crippen LogP contribution in [-0.2, 0) is 4.79 Å². The normalized spacial score (nSPS) is 10.8. The van der Waals surface area contributed by atoms with Crippen LogP contribution in [0.4, 0.5) is 11.4 Å². The van der Waals surface area contributed by atoms with Crippen molar-refractivity contribution in [1.29, 1.82) is 0 Å². The first-order chi connectivity index (χ1) is 10.3. The van der Waals surface area contributed by atoms with Crippen LogP contribution in [-0.4, -0.2) is 41.5 Å². The van der Waals surface area contributed by atoms with Gasteiger partial charge in [-0.1, -0.05) is 0 Å². The third-order valence-corrected chi connectivity index (χ3v) is 4.48. The van der Waals surface area contributed by atoms with E-state index >= 15 is 0 Å². The Balaban J connectivity index is 0.00000484. The molecule has 1 aromatic carbocycles. The number of nitrogens with zero attached hydrogens (tertiary/aromatic N) is 2.